The third-order valence-electron chi connectivity index (χ3n) is 15.3. The largest absolute Gasteiger partial charge is 0.473 e. The van der Waals surface area contributed by atoms with Crippen LogP contribution in [0.5, 0.6) is 0 Å². The van der Waals surface area contributed by atoms with Crippen LogP contribution in [0.2, 0.25) is 0 Å². The van der Waals surface area contributed by atoms with E-state index < -0.39 is 202 Å². The fourth-order valence-corrected chi connectivity index (χ4v) is 8.12. The van der Waals surface area contributed by atoms with Crippen molar-refractivity contribution in [1.82, 2.24) is 55.9 Å². The zero-order chi connectivity index (χ0) is 80.5. The highest BCUT2D eigenvalue weighted by Gasteiger charge is 2.48. The maximum atomic E-state index is 14.3. The second kappa shape index (κ2) is 47.6. The minimum absolute atomic E-state index is 0.147. The molecule has 0 saturated carbocycles. The molecule has 4 N–H and O–H groups in total. The predicted octanol–water partition coefficient (Wildman–Crippen LogP) is -2.13. The van der Waals surface area contributed by atoms with Crippen LogP contribution in [-0.4, -0.2) is 344 Å². The topological polar surface area (TPSA) is 460 Å². The molecule has 1 aromatic rings. The molecule has 0 radical (unpaired) electrons. The van der Waals surface area contributed by atoms with E-state index in [1.54, 1.807) is 76.0 Å². The van der Waals surface area contributed by atoms with Gasteiger partial charge < -0.3 is 107 Å². The molecular weight excluding hydrogens is 1400 g/mol. The first kappa shape index (κ1) is 95.0. The van der Waals surface area contributed by atoms with Crippen molar-refractivity contribution in [3.63, 3.8) is 0 Å². The van der Waals surface area contributed by atoms with Crippen LogP contribution in [0.4, 0.5) is 38.4 Å². The van der Waals surface area contributed by atoms with E-state index in [9.17, 15) is 67.1 Å². The number of carbonyl (C=O) groups excluding carboxylic acids is 14. The molecule has 0 atom stereocenters. The van der Waals surface area contributed by atoms with Crippen LogP contribution in [0.3, 0.4) is 0 Å². The van der Waals surface area contributed by atoms with Crippen LogP contribution in [0.25, 0.3) is 0 Å². The number of nitrogens with one attached hydrogen (secondary N) is 4. The van der Waals surface area contributed by atoms with Gasteiger partial charge in [-0.2, -0.15) is 0 Å². The van der Waals surface area contributed by atoms with E-state index in [-0.39, 0.29) is 51.4 Å². The lowest BCUT2D eigenvalue weighted by Crippen LogP contribution is -2.47. The number of alkyl carbamates (subject to hydrolysis) is 4. The van der Waals surface area contributed by atoms with Crippen LogP contribution in [0.1, 0.15) is 72.9 Å². The minimum Gasteiger partial charge on any atom is -0.473 e. The van der Waals surface area contributed by atoms with E-state index in [4.69, 9.17) is 66.3 Å². The maximum absolute atomic E-state index is 14.3. The van der Waals surface area contributed by atoms with Crippen LogP contribution in [0, 0.1) is 32.5 Å². The van der Waals surface area contributed by atoms with Crippen LogP contribution in [0.15, 0.2) is 6.20 Å². The molecule has 596 valence electrons. The van der Waals surface area contributed by atoms with E-state index in [1.165, 1.54) is 52.4 Å². The number of esters is 6. The van der Waals surface area contributed by atoms with Crippen molar-refractivity contribution in [3.05, 3.63) is 11.9 Å². The summed E-state index contributed by atoms with van der Waals surface area (Å²) in [7, 11) is 18.6. The highest BCUT2D eigenvalue weighted by Crippen LogP contribution is 2.31. The molecule has 0 aliphatic heterocycles. The highest BCUT2D eigenvalue weighted by molar-refractivity contribution is 6.56. The number of rotatable bonds is 51. The zero-order valence-corrected chi connectivity index (χ0v) is 64.7. The standard InChI is InChI=1S/C63H109B4N11O28/c1-58(31-95-48(83)62(5,39-103-54(89)68-19-24-74(7)8)40-104-55(90)69-20-25-75(9)10,32-96-49(84)63(6,41-105-56(91)70-21-26-76(11)12)42-106-57(92)71-22-27-77(13)14)44(79)93-28-18-16-15-17-23-78-29-43(72-73-78)30-94-45(80)59(2,33-97-46(81)60(3,35-99-50(64)85)36-100-51(65)86)34-98-47(82)61(4,37-101-52(66)87)38-102-53(67)88/h29H,15-28,30-42,64-67H2,1-14H3,(H,68,89)(H,69,90)(H,70,91)(H,71,92). The summed E-state index contributed by atoms with van der Waals surface area (Å²) >= 11 is 0. The van der Waals surface area contributed by atoms with Gasteiger partial charge in [0.2, 0.25) is 54.9 Å². The molecule has 0 aliphatic rings. The number of nitrogens with zero attached hydrogens (tertiary/aromatic N) is 7. The predicted molar refractivity (Wildman–Crippen MR) is 383 cm³/mol. The van der Waals surface area contributed by atoms with Crippen molar-refractivity contribution >= 4 is 115 Å². The number of aryl methyl sites for hydroxylation is 1. The summed E-state index contributed by atoms with van der Waals surface area (Å²) in [4.78, 5) is 190. The SMILES string of the molecule is BC(=O)OCC(C)(COC(B)=O)C(=O)OCC(C)(COC(=O)C(C)(COC(B)=O)COC(B)=O)C(=O)OCc1cn(CCCCCCOC(=O)C(C)(COC(=O)C(C)(COC(=O)NCCN(C)C)COC(=O)NCCN(C)C)COC(=O)C(C)(COC(=O)NCCN(C)C)COC(=O)NCCN(C)C)nn1. The zero-order valence-electron chi connectivity index (χ0n) is 64.7. The number of hydrogen-bond donors (Lipinski definition) is 4. The molecule has 0 fully saturated rings. The molecule has 1 aromatic heterocycles. The van der Waals surface area contributed by atoms with E-state index >= 15 is 0 Å². The molecule has 106 heavy (non-hydrogen) atoms. The molecule has 0 unspecified atom stereocenters. The van der Waals surface area contributed by atoms with Crippen LogP contribution >= 0.6 is 0 Å². The van der Waals surface area contributed by atoms with Crippen LogP contribution < -0.4 is 21.3 Å². The Kier molecular flexibility index (Phi) is 42.6. The van der Waals surface area contributed by atoms with Crippen molar-refractivity contribution in [3.8, 4) is 0 Å². The number of amides is 4. The summed E-state index contributed by atoms with van der Waals surface area (Å²) in [6, 6.07) is 0. The summed E-state index contributed by atoms with van der Waals surface area (Å²) in [5.41, 5.74) is -11.3. The summed E-state index contributed by atoms with van der Waals surface area (Å²) < 4.78 is 77.2. The van der Waals surface area contributed by atoms with E-state index in [1.807, 2.05) is 0 Å². The highest BCUT2D eigenvalue weighted by atomic mass is 16.6. The lowest BCUT2D eigenvalue weighted by atomic mass is 9.90. The van der Waals surface area contributed by atoms with Gasteiger partial charge in [-0.1, -0.05) is 11.6 Å². The molecule has 39 nitrogen and oxygen atoms in total. The van der Waals surface area contributed by atoms with Gasteiger partial charge in [0.1, 0.15) is 124 Å². The fraction of sp³-hybridized carbons (Fsp3) is 0.746. The van der Waals surface area contributed by atoms with Gasteiger partial charge in [-0.25, -0.2) is 19.2 Å². The molecule has 1 rings (SSSR count). The Morgan fingerprint density at radius 3 is 0.840 bits per heavy atom. The Hall–Kier alpha value is -8.98. The molecule has 0 aromatic carbocycles. The summed E-state index contributed by atoms with van der Waals surface area (Å²) in [6.07, 6.45) is -0.379. The van der Waals surface area contributed by atoms with E-state index in [2.05, 4.69) is 31.6 Å². The third kappa shape index (κ3) is 38.9. The number of unbranched alkanes of at least 4 members (excludes halogenated alkanes) is 3. The number of ether oxygens (including phenoxy) is 14. The molecule has 1 heterocycles. The number of likely N-dealkylation sites (N-methyl/N-ethyl adjacent to an activating group) is 4. The lowest BCUT2D eigenvalue weighted by molar-refractivity contribution is -0.181. The lowest BCUT2D eigenvalue weighted by Gasteiger charge is -2.32. The second-order valence-corrected chi connectivity index (χ2v) is 28.1. The Morgan fingerprint density at radius 2 is 0.575 bits per heavy atom. The van der Waals surface area contributed by atoms with Crippen molar-refractivity contribution in [2.24, 2.45) is 32.5 Å². The molecule has 0 spiro atoms. The van der Waals surface area contributed by atoms with Crippen molar-refractivity contribution in [1.29, 1.82) is 0 Å². The fourth-order valence-electron chi connectivity index (χ4n) is 8.12. The molecule has 43 heteroatoms. The van der Waals surface area contributed by atoms with Gasteiger partial charge in [0.05, 0.1) is 12.8 Å². The maximum Gasteiger partial charge on any atom is 0.407 e. The molecule has 0 saturated heterocycles. The minimum atomic E-state index is -2.01. The first-order valence-electron chi connectivity index (χ1n) is 34.1. The van der Waals surface area contributed by atoms with Gasteiger partial charge in [-0.15, -0.1) is 5.10 Å². The summed E-state index contributed by atoms with van der Waals surface area (Å²) in [5.74, 6) is -9.59. The van der Waals surface area contributed by atoms with Crippen molar-refractivity contribution in [2.45, 2.75) is 80.4 Å². The van der Waals surface area contributed by atoms with Gasteiger partial charge in [-0.3, -0.25) is 52.6 Å². The Bertz CT molecular complexity index is 2810. The molecule has 0 bridgehead atoms. The van der Waals surface area contributed by atoms with Gasteiger partial charge in [-0.05, 0) is 117 Å². The second-order valence-electron chi connectivity index (χ2n) is 28.1. The Labute approximate surface area is 621 Å². The summed E-state index contributed by atoms with van der Waals surface area (Å²) in [6.45, 7) is 1.27. The summed E-state index contributed by atoms with van der Waals surface area (Å²) in [5, 5.41) is 18.4. The number of carbonyl (C=O) groups is 14. The average Bonchev–Trinajstić information content (AvgIpc) is 0.901. The van der Waals surface area contributed by atoms with E-state index in [0.717, 1.165) is 31.4 Å². The average molecular weight is 1510 g/mol. The molecule has 4 amide bonds. The quantitative estimate of drug-likeness (QED) is 0.0234. The van der Waals surface area contributed by atoms with E-state index in [0.29, 0.717) is 45.4 Å². The third-order valence-corrected chi connectivity index (χ3v) is 15.3. The first-order valence-corrected chi connectivity index (χ1v) is 34.1. The molecular formula is C63H109B4N11O28. The van der Waals surface area contributed by atoms with Gasteiger partial charge in [0.15, 0.2) is 0 Å². The van der Waals surface area contributed by atoms with Crippen LogP contribution in [-0.2, 0) is 108 Å². The normalized spacial score (nSPS) is 11.8. The van der Waals surface area contributed by atoms with Crippen molar-refractivity contribution in [2.75, 3.05) is 195 Å². The first-order chi connectivity index (χ1) is 49.4. The monoisotopic (exact) mass is 1510 g/mol. The Balaban J connectivity index is 3.49. The van der Waals surface area contributed by atoms with Gasteiger partial charge >= 0.3 is 60.2 Å². The number of hydrogen-bond acceptors (Lipinski definition) is 34. The van der Waals surface area contributed by atoms with Gasteiger partial charge in [0.25, 0.3) is 0 Å². The van der Waals surface area contributed by atoms with Gasteiger partial charge in [0, 0.05) is 58.9 Å². The smallest absolute Gasteiger partial charge is 0.407 e. The molecule has 0 aliphatic carbocycles. The Morgan fingerprint density at radius 1 is 0.340 bits per heavy atom. The van der Waals surface area contributed by atoms with Crippen molar-refractivity contribution < 1.29 is 133 Å². The number of aromatic nitrogens is 3.